The summed E-state index contributed by atoms with van der Waals surface area (Å²) >= 11 is 0. The van der Waals surface area contributed by atoms with Crippen molar-refractivity contribution >= 4 is 0 Å². The highest BCUT2D eigenvalue weighted by Crippen LogP contribution is 2.14. The normalized spacial score (nSPS) is 14.0. The van der Waals surface area contributed by atoms with Gasteiger partial charge in [-0.05, 0) is 99.8 Å². The molecule has 0 aliphatic heterocycles. The first-order chi connectivity index (χ1) is 11.8. The van der Waals surface area contributed by atoms with Crippen molar-refractivity contribution in [1.29, 1.82) is 0 Å². The predicted molar refractivity (Wildman–Crippen MR) is 117 cm³/mol. The molecule has 0 aliphatic rings. The number of hydrogen-bond donors (Lipinski definition) is 0. The lowest BCUT2D eigenvalue weighted by atomic mass is 10.0. The molecular weight excluding hydrogens is 300 g/mol. The van der Waals surface area contributed by atoms with Gasteiger partial charge in [0.1, 0.15) is 0 Å². The van der Waals surface area contributed by atoms with E-state index in [1.54, 1.807) is 0 Å². The molecule has 0 atom stereocenters. The van der Waals surface area contributed by atoms with E-state index in [0.29, 0.717) is 0 Å². The molecule has 25 heavy (non-hydrogen) atoms. The van der Waals surface area contributed by atoms with Crippen molar-refractivity contribution < 1.29 is 0 Å². The molecule has 0 saturated heterocycles. The van der Waals surface area contributed by atoms with Crippen LogP contribution in [0.15, 0.2) is 58.2 Å². The smallest absolute Gasteiger partial charge is 0.0288 e. The van der Waals surface area contributed by atoms with E-state index < -0.39 is 0 Å². The molecule has 0 aromatic carbocycles. The molecule has 0 nitrogen and oxygen atoms in total. The fourth-order valence-electron chi connectivity index (χ4n) is 2.64. The molecule has 0 fully saturated rings. The zero-order valence-corrected chi connectivity index (χ0v) is 17.8. The fourth-order valence-corrected chi connectivity index (χ4v) is 2.64. The van der Waals surface area contributed by atoms with Crippen LogP contribution in [0.5, 0.6) is 0 Å². The van der Waals surface area contributed by atoms with E-state index in [0.717, 1.165) is 12.8 Å². The maximum absolute atomic E-state index is 3.81. The third-order valence-electron chi connectivity index (χ3n) is 4.53. The summed E-state index contributed by atoms with van der Waals surface area (Å²) < 4.78 is 0. The highest BCUT2D eigenvalue weighted by atomic mass is 14.0. The first-order valence-corrected chi connectivity index (χ1v) is 9.90. The molecular formula is C25H41. The van der Waals surface area contributed by atoms with Gasteiger partial charge in [-0.15, -0.1) is 0 Å². The Morgan fingerprint density at radius 3 is 1.16 bits per heavy atom. The van der Waals surface area contributed by atoms with Crippen molar-refractivity contribution in [2.45, 2.75) is 92.9 Å². The van der Waals surface area contributed by atoms with Gasteiger partial charge in [-0.25, -0.2) is 0 Å². The molecule has 0 amide bonds. The zero-order chi connectivity index (χ0) is 19.1. The van der Waals surface area contributed by atoms with E-state index in [1.165, 1.54) is 66.4 Å². The monoisotopic (exact) mass is 341 g/mol. The van der Waals surface area contributed by atoms with Gasteiger partial charge in [-0.3, -0.25) is 0 Å². The van der Waals surface area contributed by atoms with Gasteiger partial charge in [0, 0.05) is 0 Å². The first-order valence-electron chi connectivity index (χ1n) is 9.90. The second-order valence-electron chi connectivity index (χ2n) is 7.64. The van der Waals surface area contributed by atoms with Crippen LogP contribution in [0.2, 0.25) is 0 Å². The highest BCUT2D eigenvalue weighted by molar-refractivity contribution is 5.08. The van der Waals surface area contributed by atoms with Crippen molar-refractivity contribution in [3.63, 3.8) is 0 Å². The van der Waals surface area contributed by atoms with Crippen molar-refractivity contribution in [3.8, 4) is 0 Å². The summed E-state index contributed by atoms with van der Waals surface area (Å²) in [6.45, 7) is 17.1. The third-order valence-corrected chi connectivity index (χ3v) is 4.53. The lowest BCUT2D eigenvalue weighted by molar-refractivity contribution is 0.891. The van der Waals surface area contributed by atoms with E-state index in [9.17, 15) is 0 Å². The van der Waals surface area contributed by atoms with Crippen LogP contribution >= 0.6 is 0 Å². The van der Waals surface area contributed by atoms with E-state index >= 15 is 0 Å². The Balaban J connectivity index is 4.01. The maximum atomic E-state index is 3.81. The van der Waals surface area contributed by atoms with Crippen LogP contribution in [0, 0.1) is 6.92 Å². The van der Waals surface area contributed by atoms with Crippen molar-refractivity contribution in [2.75, 3.05) is 0 Å². The molecule has 0 bridgehead atoms. The lowest BCUT2D eigenvalue weighted by Crippen LogP contribution is -1.82. The predicted octanol–water partition coefficient (Wildman–Crippen LogP) is 8.69. The minimum atomic E-state index is 1.13. The molecule has 0 heterocycles. The minimum Gasteiger partial charge on any atom is -0.0856 e. The lowest BCUT2D eigenvalue weighted by Gasteiger charge is -2.03. The average molecular weight is 342 g/mol. The Bertz CT molecular complexity index is 502. The van der Waals surface area contributed by atoms with Gasteiger partial charge >= 0.3 is 0 Å². The van der Waals surface area contributed by atoms with Crippen LogP contribution < -0.4 is 0 Å². The second-order valence-corrected chi connectivity index (χ2v) is 7.64. The van der Waals surface area contributed by atoms with E-state index in [4.69, 9.17) is 0 Å². The van der Waals surface area contributed by atoms with Gasteiger partial charge in [-0.2, -0.15) is 0 Å². The van der Waals surface area contributed by atoms with Gasteiger partial charge < -0.3 is 0 Å². The van der Waals surface area contributed by atoms with Crippen LogP contribution in [0.3, 0.4) is 0 Å². The van der Waals surface area contributed by atoms with Crippen molar-refractivity contribution in [1.82, 2.24) is 0 Å². The summed E-state index contributed by atoms with van der Waals surface area (Å²) in [7, 11) is 0. The molecule has 0 heteroatoms. The Kier molecular flexibility index (Phi) is 14.2. The largest absolute Gasteiger partial charge is 0.0856 e. The number of allylic oxidation sites excluding steroid dienone is 10. The van der Waals surface area contributed by atoms with Gasteiger partial charge in [0.2, 0.25) is 0 Å². The summed E-state index contributed by atoms with van der Waals surface area (Å²) in [4.78, 5) is 0. The van der Waals surface area contributed by atoms with Gasteiger partial charge in [0.25, 0.3) is 0 Å². The number of hydrogen-bond acceptors (Lipinski definition) is 0. The molecule has 141 valence electrons. The molecule has 0 spiro atoms. The molecule has 0 aromatic rings. The quantitative estimate of drug-likeness (QED) is 0.311. The van der Waals surface area contributed by atoms with Crippen molar-refractivity contribution in [2.24, 2.45) is 0 Å². The van der Waals surface area contributed by atoms with Crippen LogP contribution in [0.4, 0.5) is 0 Å². The Morgan fingerprint density at radius 2 is 0.840 bits per heavy atom. The molecule has 0 unspecified atom stereocenters. The van der Waals surface area contributed by atoms with Crippen LogP contribution in [0.25, 0.3) is 0 Å². The maximum Gasteiger partial charge on any atom is -0.0288 e. The standard InChI is InChI=1S/C25H41/c1-8-22(4)14-10-16-24(6)18-12-20-25(7)19-11-17-23(5)15-9-13-21(2)3/h8,13,16-17,20H,1,9-12,14-15,18-19H2,2-7H3/b22-8+,23-17+,24-16+,25-20+. The average Bonchev–Trinajstić information content (AvgIpc) is 2.54. The van der Waals surface area contributed by atoms with Crippen LogP contribution in [-0.2, 0) is 0 Å². The summed E-state index contributed by atoms with van der Waals surface area (Å²) in [5.41, 5.74) is 7.36. The zero-order valence-electron chi connectivity index (χ0n) is 17.8. The highest BCUT2D eigenvalue weighted by Gasteiger charge is 1.94. The second kappa shape index (κ2) is 15.0. The van der Waals surface area contributed by atoms with E-state index in [-0.39, 0.29) is 0 Å². The molecule has 0 rings (SSSR count). The summed E-state index contributed by atoms with van der Waals surface area (Å²) in [5.74, 6) is 0. The Hall–Kier alpha value is -1.30. The van der Waals surface area contributed by atoms with E-state index in [2.05, 4.69) is 72.8 Å². The molecule has 0 aliphatic carbocycles. The molecule has 0 aromatic heterocycles. The van der Waals surface area contributed by atoms with Crippen molar-refractivity contribution in [3.05, 3.63) is 65.2 Å². The molecule has 1 radical (unpaired) electrons. The number of rotatable bonds is 12. The van der Waals surface area contributed by atoms with Crippen LogP contribution in [0.1, 0.15) is 92.9 Å². The van der Waals surface area contributed by atoms with Crippen LogP contribution in [-0.4, -0.2) is 0 Å². The first kappa shape index (κ1) is 23.7. The minimum absolute atomic E-state index is 1.13. The summed E-state index contributed by atoms with van der Waals surface area (Å²) in [5, 5.41) is 0. The van der Waals surface area contributed by atoms with Gasteiger partial charge in [0.05, 0.1) is 0 Å². The fraction of sp³-hybridized carbons (Fsp3) is 0.560. The topological polar surface area (TPSA) is 0 Å². The molecule has 0 saturated carbocycles. The Morgan fingerprint density at radius 1 is 0.520 bits per heavy atom. The van der Waals surface area contributed by atoms with E-state index in [1.807, 2.05) is 6.08 Å². The van der Waals surface area contributed by atoms with Gasteiger partial charge in [-0.1, -0.05) is 58.2 Å². The Labute approximate surface area is 158 Å². The third kappa shape index (κ3) is 15.9. The SMILES string of the molecule is [CH2]/C=C(\C)CC/C=C(\C)CC/C=C(\C)CC/C=C(\C)CCC=C(C)C. The summed E-state index contributed by atoms with van der Waals surface area (Å²) in [6.07, 6.45) is 20.9. The summed E-state index contributed by atoms with van der Waals surface area (Å²) in [6, 6.07) is 0. The van der Waals surface area contributed by atoms with Gasteiger partial charge in [0.15, 0.2) is 0 Å². The molecule has 0 N–H and O–H groups in total.